The Labute approximate surface area is 120 Å². The van der Waals surface area contributed by atoms with Gasteiger partial charge in [0.1, 0.15) is 0 Å². The SMILES string of the molecule is CC(C)(C)CS(=O)(=O)NCC(C(=O)O)c1ccccc1. The van der Waals surface area contributed by atoms with Gasteiger partial charge in [0.25, 0.3) is 0 Å². The molecule has 2 N–H and O–H groups in total. The van der Waals surface area contributed by atoms with E-state index in [1.54, 1.807) is 30.3 Å². The van der Waals surface area contributed by atoms with Crippen LogP contribution in [0.3, 0.4) is 0 Å². The molecule has 0 heterocycles. The van der Waals surface area contributed by atoms with Gasteiger partial charge in [-0.05, 0) is 11.0 Å². The molecular formula is C14H21NO4S. The normalized spacial score (nSPS) is 13.9. The summed E-state index contributed by atoms with van der Waals surface area (Å²) in [6, 6.07) is 8.60. The van der Waals surface area contributed by atoms with Gasteiger partial charge in [-0.1, -0.05) is 51.1 Å². The number of carboxylic acids is 1. The molecule has 0 spiro atoms. The number of carbonyl (C=O) groups is 1. The van der Waals surface area contributed by atoms with Crippen LogP contribution >= 0.6 is 0 Å². The van der Waals surface area contributed by atoms with Gasteiger partial charge in [0.05, 0.1) is 11.7 Å². The van der Waals surface area contributed by atoms with E-state index in [0.717, 1.165) is 0 Å². The van der Waals surface area contributed by atoms with E-state index in [1.807, 2.05) is 20.8 Å². The van der Waals surface area contributed by atoms with Crippen LogP contribution in [0.4, 0.5) is 0 Å². The maximum Gasteiger partial charge on any atom is 0.312 e. The van der Waals surface area contributed by atoms with Gasteiger partial charge in [0.15, 0.2) is 0 Å². The number of aliphatic carboxylic acids is 1. The fraction of sp³-hybridized carbons (Fsp3) is 0.500. The van der Waals surface area contributed by atoms with Crippen molar-refractivity contribution >= 4 is 16.0 Å². The molecule has 1 unspecified atom stereocenters. The van der Waals surface area contributed by atoms with Gasteiger partial charge in [0, 0.05) is 6.54 Å². The molecule has 1 aromatic carbocycles. The van der Waals surface area contributed by atoms with Crippen molar-refractivity contribution in [1.29, 1.82) is 0 Å². The highest BCUT2D eigenvalue weighted by atomic mass is 32.2. The Morgan fingerprint density at radius 1 is 1.25 bits per heavy atom. The molecule has 0 radical (unpaired) electrons. The van der Waals surface area contributed by atoms with Crippen LogP contribution in [0, 0.1) is 5.41 Å². The number of sulfonamides is 1. The van der Waals surface area contributed by atoms with E-state index in [0.29, 0.717) is 5.56 Å². The van der Waals surface area contributed by atoms with Gasteiger partial charge >= 0.3 is 5.97 Å². The first kappa shape index (κ1) is 16.7. The van der Waals surface area contributed by atoms with Gasteiger partial charge < -0.3 is 5.11 Å². The Bertz CT molecular complexity index is 546. The summed E-state index contributed by atoms with van der Waals surface area (Å²) in [5.74, 6) is -1.97. The zero-order chi connectivity index (χ0) is 15.4. The molecule has 0 bridgehead atoms. The highest BCUT2D eigenvalue weighted by Gasteiger charge is 2.25. The fourth-order valence-electron chi connectivity index (χ4n) is 1.86. The average Bonchev–Trinajstić information content (AvgIpc) is 2.26. The van der Waals surface area contributed by atoms with Crippen molar-refractivity contribution in [3.8, 4) is 0 Å². The minimum atomic E-state index is -3.49. The topological polar surface area (TPSA) is 83.5 Å². The molecule has 0 saturated heterocycles. The van der Waals surface area contributed by atoms with E-state index in [-0.39, 0.29) is 17.7 Å². The number of rotatable bonds is 6. The highest BCUT2D eigenvalue weighted by molar-refractivity contribution is 7.89. The van der Waals surface area contributed by atoms with Crippen LogP contribution in [-0.4, -0.2) is 31.8 Å². The van der Waals surface area contributed by atoms with Gasteiger partial charge in [-0.15, -0.1) is 0 Å². The van der Waals surface area contributed by atoms with Crippen LogP contribution in [0.15, 0.2) is 30.3 Å². The number of hydrogen-bond acceptors (Lipinski definition) is 3. The van der Waals surface area contributed by atoms with Crippen LogP contribution < -0.4 is 4.72 Å². The van der Waals surface area contributed by atoms with Gasteiger partial charge in [-0.3, -0.25) is 4.79 Å². The quantitative estimate of drug-likeness (QED) is 0.839. The molecule has 0 amide bonds. The van der Waals surface area contributed by atoms with E-state index >= 15 is 0 Å². The molecule has 112 valence electrons. The summed E-state index contributed by atoms with van der Waals surface area (Å²) in [4.78, 5) is 11.3. The first-order valence-electron chi connectivity index (χ1n) is 6.36. The second-order valence-corrected chi connectivity index (χ2v) is 7.78. The van der Waals surface area contributed by atoms with Crippen LogP contribution in [-0.2, 0) is 14.8 Å². The van der Waals surface area contributed by atoms with E-state index < -0.39 is 21.9 Å². The zero-order valence-corrected chi connectivity index (χ0v) is 12.8. The molecule has 6 heteroatoms. The molecular weight excluding hydrogens is 278 g/mol. The molecule has 0 aromatic heterocycles. The van der Waals surface area contributed by atoms with Gasteiger partial charge in [-0.2, -0.15) is 0 Å². The summed E-state index contributed by atoms with van der Waals surface area (Å²) in [7, 11) is -3.49. The lowest BCUT2D eigenvalue weighted by atomic mass is 10.00. The minimum Gasteiger partial charge on any atom is -0.481 e. The smallest absolute Gasteiger partial charge is 0.312 e. The summed E-state index contributed by atoms with van der Waals surface area (Å²) in [6.45, 7) is 5.31. The third kappa shape index (κ3) is 5.71. The Morgan fingerprint density at radius 2 is 1.80 bits per heavy atom. The van der Waals surface area contributed by atoms with E-state index in [1.165, 1.54) is 0 Å². The number of benzene rings is 1. The largest absolute Gasteiger partial charge is 0.481 e. The lowest BCUT2D eigenvalue weighted by Gasteiger charge is -2.20. The molecule has 0 saturated carbocycles. The molecule has 0 aliphatic carbocycles. The van der Waals surface area contributed by atoms with Crippen LogP contribution in [0.2, 0.25) is 0 Å². The maximum atomic E-state index is 11.9. The van der Waals surface area contributed by atoms with Crippen LogP contribution in [0.1, 0.15) is 32.3 Å². The molecule has 1 atom stereocenters. The second kappa shape index (κ2) is 6.37. The van der Waals surface area contributed by atoms with Gasteiger partial charge in [-0.25, -0.2) is 13.1 Å². The first-order chi connectivity index (χ1) is 9.11. The molecule has 0 aliphatic rings. The molecule has 20 heavy (non-hydrogen) atoms. The lowest BCUT2D eigenvalue weighted by molar-refractivity contribution is -0.138. The first-order valence-corrected chi connectivity index (χ1v) is 8.01. The predicted octanol–water partition coefficient (Wildman–Crippen LogP) is 1.82. The van der Waals surface area contributed by atoms with Crippen molar-refractivity contribution in [3.63, 3.8) is 0 Å². The van der Waals surface area contributed by atoms with Crippen LogP contribution in [0.5, 0.6) is 0 Å². The van der Waals surface area contributed by atoms with Crippen molar-refractivity contribution in [3.05, 3.63) is 35.9 Å². The Hall–Kier alpha value is -1.40. The molecule has 5 nitrogen and oxygen atoms in total. The Balaban J connectivity index is 2.77. The standard InChI is InChI=1S/C14H21NO4S/c1-14(2,3)10-20(18,19)15-9-12(13(16)17)11-7-5-4-6-8-11/h4-8,12,15H,9-10H2,1-3H3,(H,16,17). The third-order valence-corrected chi connectivity index (χ3v) is 4.48. The predicted molar refractivity (Wildman–Crippen MR) is 78.1 cm³/mol. The number of carboxylic acid groups (broad SMARTS) is 1. The zero-order valence-electron chi connectivity index (χ0n) is 12.0. The minimum absolute atomic E-state index is 0.0405. The summed E-state index contributed by atoms with van der Waals surface area (Å²) >= 11 is 0. The summed E-state index contributed by atoms with van der Waals surface area (Å²) in [6.07, 6.45) is 0. The third-order valence-electron chi connectivity index (χ3n) is 2.63. The summed E-state index contributed by atoms with van der Waals surface area (Å²) < 4.78 is 26.2. The fourth-order valence-corrected chi connectivity index (χ4v) is 3.53. The monoisotopic (exact) mass is 299 g/mol. The highest BCUT2D eigenvalue weighted by Crippen LogP contribution is 2.18. The summed E-state index contributed by atoms with van der Waals surface area (Å²) in [5.41, 5.74) is 0.204. The summed E-state index contributed by atoms with van der Waals surface area (Å²) in [5, 5.41) is 9.22. The number of nitrogens with one attached hydrogen (secondary N) is 1. The van der Waals surface area contributed by atoms with Gasteiger partial charge in [0.2, 0.25) is 10.0 Å². The van der Waals surface area contributed by atoms with E-state index in [2.05, 4.69) is 4.72 Å². The van der Waals surface area contributed by atoms with Crippen molar-refractivity contribution in [2.45, 2.75) is 26.7 Å². The van der Waals surface area contributed by atoms with Crippen LogP contribution in [0.25, 0.3) is 0 Å². The molecule has 1 aromatic rings. The van der Waals surface area contributed by atoms with Crippen molar-refractivity contribution in [2.75, 3.05) is 12.3 Å². The average molecular weight is 299 g/mol. The van der Waals surface area contributed by atoms with Crippen molar-refractivity contribution < 1.29 is 18.3 Å². The molecule has 0 aliphatic heterocycles. The van der Waals surface area contributed by atoms with E-state index in [4.69, 9.17) is 0 Å². The second-order valence-electron chi connectivity index (χ2n) is 5.97. The maximum absolute atomic E-state index is 11.9. The van der Waals surface area contributed by atoms with E-state index in [9.17, 15) is 18.3 Å². The van der Waals surface area contributed by atoms with Crippen molar-refractivity contribution in [2.24, 2.45) is 5.41 Å². The molecule has 0 fully saturated rings. The lowest BCUT2D eigenvalue weighted by Crippen LogP contribution is -2.36. The molecule has 1 rings (SSSR count). The Morgan fingerprint density at radius 3 is 2.25 bits per heavy atom. The Kier molecular flexibility index (Phi) is 5.30. The van der Waals surface area contributed by atoms with Crippen molar-refractivity contribution in [1.82, 2.24) is 4.72 Å². The number of hydrogen-bond donors (Lipinski definition) is 2.